The maximum Gasteiger partial charge on any atom is 2.00 e. The summed E-state index contributed by atoms with van der Waals surface area (Å²) in [5.74, 6) is -2.64. The molecule has 60 valence electrons. The summed E-state index contributed by atoms with van der Waals surface area (Å²) in [6.45, 7) is 0. The summed E-state index contributed by atoms with van der Waals surface area (Å²) in [5, 5.41) is 21.8. The summed E-state index contributed by atoms with van der Waals surface area (Å²) in [6, 6.07) is 0. The van der Waals surface area contributed by atoms with Crippen LogP contribution in [-0.4, -0.2) is 11.9 Å². The summed E-state index contributed by atoms with van der Waals surface area (Å²) in [7, 11) is 0. The number of carboxylic acid groups (broad SMARTS) is 2. The van der Waals surface area contributed by atoms with Crippen molar-refractivity contribution in [3.05, 3.63) is 23.0 Å². The van der Waals surface area contributed by atoms with Crippen LogP contribution in [-0.2, 0) is 29.1 Å². The maximum atomic E-state index is 9.73. The monoisotopic (exact) mass is 236 g/mol. The average Bonchev–Trinajstić information content (AvgIpc) is 1.85. The molecule has 0 aromatic carbocycles. The zero-order valence-electron chi connectivity index (χ0n) is 6.06. The predicted octanol–water partition coefficient (Wildman–Crippen LogP) is -1.76. The van der Waals surface area contributed by atoms with Crippen LogP contribution in [0.4, 0.5) is 0 Å². The van der Waals surface area contributed by atoms with Gasteiger partial charge in [-0.25, -0.2) is 0 Å². The molecule has 0 aromatic rings. The van der Waals surface area contributed by atoms with E-state index in [4.69, 9.17) is 0 Å². The summed E-state index contributed by atoms with van der Waals surface area (Å²) in [6.07, 6.45) is 1.59. The Morgan fingerprint density at radius 2 is 1.33 bits per heavy atom. The molecule has 0 aliphatic carbocycles. The molecule has 4 nitrogen and oxygen atoms in total. The average molecular weight is 238 g/mol. The fourth-order valence-electron chi connectivity index (χ4n) is 0.235. The molecular weight excluding hydrogens is 234 g/mol. The molecule has 0 fully saturated rings. The normalized spacial score (nSPS) is 10.0. The van der Waals surface area contributed by atoms with Crippen molar-refractivity contribution in [3.8, 4) is 0 Å². The van der Waals surface area contributed by atoms with Gasteiger partial charge >= 0.3 is 19.5 Å². The molecule has 0 aromatic heterocycles. The number of hydrogen-bond acceptors (Lipinski definition) is 5. The Hall–Kier alpha value is -0.607. The van der Waals surface area contributed by atoms with Gasteiger partial charge in [-0.2, -0.15) is 0 Å². The molecule has 0 saturated heterocycles. The third-order valence-corrected chi connectivity index (χ3v) is 1.15. The van der Waals surface area contributed by atoms with Crippen LogP contribution in [0.15, 0.2) is 23.0 Å². The Kier molecular flexibility index (Phi) is 9.87. The number of carboxylic acids is 2. The quantitative estimate of drug-likeness (QED) is 0.428. The van der Waals surface area contributed by atoms with E-state index in [0.717, 1.165) is 23.9 Å². The van der Waals surface area contributed by atoms with E-state index in [9.17, 15) is 19.8 Å². The van der Waals surface area contributed by atoms with Crippen molar-refractivity contribution < 1.29 is 39.3 Å². The minimum absolute atomic E-state index is 0. The number of hydrogen-bond donors (Lipinski definition) is 0. The first-order chi connectivity index (χ1) is 5.13. The SMILES string of the molecule is O=C([O-])C=CSC=CC(=O)[O-].[Zn+2]. The first-order valence-corrected chi connectivity index (χ1v) is 3.47. The first-order valence-electron chi connectivity index (χ1n) is 2.53. The van der Waals surface area contributed by atoms with Crippen LogP contribution in [0, 0.1) is 0 Å². The Labute approximate surface area is 86.1 Å². The van der Waals surface area contributed by atoms with Gasteiger partial charge in [0.2, 0.25) is 0 Å². The van der Waals surface area contributed by atoms with Crippen LogP contribution in [0.1, 0.15) is 0 Å². The Morgan fingerprint density at radius 1 is 1.00 bits per heavy atom. The Morgan fingerprint density at radius 3 is 1.58 bits per heavy atom. The van der Waals surface area contributed by atoms with Crippen molar-refractivity contribution in [2.75, 3.05) is 0 Å². The molecule has 0 amide bonds. The third-order valence-electron chi connectivity index (χ3n) is 0.565. The Balaban J connectivity index is 0. The van der Waals surface area contributed by atoms with Gasteiger partial charge in [-0.1, -0.05) is 0 Å². The Bertz CT molecular complexity index is 190. The van der Waals surface area contributed by atoms with Crippen LogP contribution in [0.2, 0.25) is 0 Å². The van der Waals surface area contributed by atoms with E-state index < -0.39 is 11.9 Å². The molecule has 0 rings (SSSR count). The van der Waals surface area contributed by atoms with E-state index in [0.29, 0.717) is 0 Å². The predicted molar refractivity (Wildman–Crippen MR) is 35.9 cm³/mol. The van der Waals surface area contributed by atoms with E-state index >= 15 is 0 Å². The number of aliphatic carboxylic acids is 2. The first kappa shape index (κ1) is 13.9. The molecule has 0 unspecified atom stereocenters. The summed E-state index contributed by atoms with van der Waals surface area (Å²) in [4.78, 5) is 19.5. The molecule has 0 atom stereocenters. The summed E-state index contributed by atoms with van der Waals surface area (Å²) < 4.78 is 0. The molecular formula is C6H4O4SZn. The molecule has 0 saturated carbocycles. The molecule has 0 heterocycles. The van der Waals surface area contributed by atoms with Crippen LogP contribution in [0.3, 0.4) is 0 Å². The van der Waals surface area contributed by atoms with Gasteiger partial charge in [-0.15, -0.1) is 11.8 Å². The van der Waals surface area contributed by atoms with Crippen LogP contribution >= 0.6 is 11.8 Å². The minimum atomic E-state index is -1.32. The second-order valence-electron chi connectivity index (χ2n) is 1.38. The summed E-state index contributed by atoms with van der Waals surface area (Å²) in [5.41, 5.74) is 0. The topological polar surface area (TPSA) is 80.3 Å². The second kappa shape index (κ2) is 8.49. The number of rotatable bonds is 4. The maximum absolute atomic E-state index is 9.73. The van der Waals surface area contributed by atoms with E-state index in [-0.39, 0.29) is 19.5 Å². The van der Waals surface area contributed by atoms with Crippen molar-refractivity contribution in [1.82, 2.24) is 0 Å². The molecule has 0 aliphatic rings. The van der Waals surface area contributed by atoms with Crippen LogP contribution < -0.4 is 10.2 Å². The smallest absolute Gasteiger partial charge is 0.545 e. The fraction of sp³-hybridized carbons (Fsp3) is 0. The molecule has 0 radical (unpaired) electrons. The second-order valence-corrected chi connectivity index (χ2v) is 2.20. The van der Waals surface area contributed by atoms with E-state index in [1.807, 2.05) is 0 Å². The van der Waals surface area contributed by atoms with E-state index in [2.05, 4.69) is 0 Å². The van der Waals surface area contributed by atoms with Crippen molar-refractivity contribution in [1.29, 1.82) is 0 Å². The molecule has 0 spiro atoms. The van der Waals surface area contributed by atoms with Crippen molar-refractivity contribution in [2.24, 2.45) is 0 Å². The number of thioether (sulfide) groups is 1. The van der Waals surface area contributed by atoms with Gasteiger partial charge in [-0.05, 0) is 23.0 Å². The zero-order valence-corrected chi connectivity index (χ0v) is 9.84. The molecule has 0 N–H and O–H groups in total. The van der Waals surface area contributed by atoms with Gasteiger partial charge in [0, 0.05) is 0 Å². The molecule has 0 aliphatic heterocycles. The van der Waals surface area contributed by atoms with Gasteiger partial charge in [0.1, 0.15) is 0 Å². The van der Waals surface area contributed by atoms with Crippen molar-refractivity contribution in [3.63, 3.8) is 0 Å². The van der Waals surface area contributed by atoms with E-state index in [1.54, 1.807) is 0 Å². The van der Waals surface area contributed by atoms with Crippen molar-refractivity contribution in [2.45, 2.75) is 0 Å². The van der Waals surface area contributed by atoms with Crippen molar-refractivity contribution >= 4 is 23.7 Å². The zero-order chi connectivity index (χ0) is 8.69. The van der Waals surface area contributed by atoms with Crippen LogP contribution in [0.5, 0.6) is 0 Å². The third kappa shape index (κ3) is 12.1. The standard InChI is InChI=1S/C6H6O4S.Zn/c7-5(8)1-3-11-4-2-6(9)10;/h1-4H,(H,7,8)(H,9,10);/q;+2/p-2. The van der Waals surface area contributed by atoms with Gasteiger partial charge in [-0.3, -0.25) is 0 Å². The summed E-state index contributed by atoms with van der Waals surface area (Å²) >= 11 is 0.907. The minimum Gasteiger partial charge on any atom is -0.545 e. The largest absolute Gasteiger partial charge is 2.00 e. The van der Waals surface area contributed by atoms with E-state index in [1.165, 1.54) is 10.8 Å². The number of carbonyl (C=O) groups is 2. The molecule has 0 bridgehead atoms. The van der Waals surface area contributed by atoms with Gasteiger partial charge in [0.25, 0.3) is 0 Å². The van der Waals surface area contributed by atoms with Gasteiger partial charge < -0.3 is 19.8 Å². The number of carbonyl (C=O) groups excluding carboxylic acids is 2. The van der Waals surface area contributed by atoms with Crippen LogP contribution in [0.25, 0.3) is 0 Å². The molecule has 6 heteroatoms. The molecule has 12 heavy (non-hydrogen) atoms. The van der Waals surface area contributed by atoms with Gasteiger partial charge in [0.15, 0.2) is 0 Å². The van der Waals surface area contributed by atoms with Gasteiger partial charge in [0.05, 0.1) is 11.9 Å². The fourth-order valence-corrected chi connectivity index (χ4v) is 0.705.